The molecule has 108 valence electrons. The van der Waals surface area contributed by atoms with Gasteiger partial charge >= 0.3 is 0 Å². The highest BCUT2D eigenvalue weighted by Gasteiger charge is 2.32. The molecule has 20 heavy (non-hydrogen) atoms. The van der Waals surface area contributed by atoms with E-state index in [2.05, 4.69) is 22.0 Å². The SMILES string of the molecule is CC(=O)SCC1CC(=O)N(c2c(C)cc(C)cc2Br)C1. The average molecular weight is 356 g/mol. The molecule has 3 nitrogen and oxygen atoms in total. The lowest BCUT2D eigenvalue weighted by Gasteiger charge is -2.21. The fourth-order valence-electron chi connectivity index (χ4n) is 2.59. The predicted molar refractivity (Wildman–Crippen MR) is 87.2 cm³/mol. The first-order valence-corrected chi connectivity index (χ1v) is 8.37. The second kappa shape index (κ2) is 6.31. The third-order valence-corrected chi connectivity index (χ3v) is 5.04. The zero-order valence-corrected chi connectivity index (χ0v) is 14.3. The van der Waals surface area contributed by atoms with Crippen molar-refractivity contribution in [2.45, 2.75) is 27.2 Å². The predicted octanol–water partition coefficient (Wildman–Crippen LogP) is 3.70. The summed E-state index contributed by atoms with van der Waals surface area (Å²) in [6.07, 6.45) is 0.528. The minimum Gasteiger partial charge on any atom is -0.311 e. The standard InChI is InChI=1S/C15H18BrNO2S/c1-9-4-10(2)15(13(16)5-9)17-7-12(6-14(17)19)8-20-11(3)18/h4-5,12H,6-8H2,1-3H3. The van der Waals surface area contributed by atoms with Crippen molar-refractivity contribution in [2.24, 2.45) is 5.92 Å². The van der Waals surface area contributed by atoms with Gasteiger partial charge in [-0.05, 0) is 52.9 Å². The van der Waals surface area contributed by atoms with Crippen molar-refractivity contribution in [3.63, 3.8) is 0 Å². The number of thioether (sulfide) groups is 1. The summed E-state index contributed by atoms with van der Waals surface area (Å²) in [6, 6.07) is 4.12. The van der Waals surface area contributed by atoms with Gasteiger partial charge in [0.05, 0.1) is 5.69 Å². The average Bonchev–Trinajstić information content (AvgIpc) is 2.67. The number of hydrogen-bond donors (Lipinski definition) is 0. The van der Waals surface area contributed by atoms with Crippen molar-refractivity contribution in [2.75, 3.05) is 17.2 Å². The van der Waals surface area contributed by atoms with Crippen molar-refractivity contribution >= 4 is 44.4 Å². The Morgan fingerprint density at radius 2 is 2.15 bits per heavy atom. The Kier molecular flexibility index (Phi) is 4.91. The number of nitrogens with zero attached hydrogens (tertiary/aromatic N) is 1. The van der Waals surface area contributed by atoms with E-state index in [0.717, 1.165) is 21.5 Å². The number of rotatable bonds is 3. The molecule has 5 heteroatoms. The molecule has 1 saturated heterocycles. The van der Waals surface area contributed by atoms with E-state index in [0.29, 0.717) is 13.0 Å². The van der Waals surface area contributed by atoms with Crippen LogP contribution in [0.3, 0.4) is 0 Å². The fourth-order valence-corrected chi connectivity index (χ4v) is 4.18. The molecule has 2 rings (SSSR count). The van der Waals surface area contributed by atoms with Crippen LogP contribution >= 0.6 is 27.7 Å². The van der Waals surface area contributed by atoms with E-state index in [9.17, 15) is 9.59 Å². The van der Waals surface area contributed by atoms with Gasteiger partial charge < -0.3 is 4.90 Å². The van der Waals surface area contributed by atoms with Gasteiger partial charge in [0.2, 0.25) is 5.91 Å². The summed E-state index contributed by atoms with van der Waals surface area (Å²) < 4.78 is 0.961. The van der Waals surface area contributed by atoms with Gasteiger partial charge in [-0.25, -0.2) is 0 Å². The minimum absolute atomic E-state index is 0.114. The van der Waals surface area contributed by atoms with E-state index in [-0.39, 0.29) is 16.9 Å². The van der Waals surface area contributed by atoms with Gasteiger partial charge in [-0.15, -0.1) is 0 Å². The molecule has 1 fully saturated rings. The summed E-state index contributed by atoms with van der Waals surface area (Å²) >= 11 is 4.87. The molecule has 1 amide bonds. The van der Waals surface area contributed by atoms with Gasteiger partial charge in [0, 0.05) is 30.1 Å². The Bertz CT molecular complexity index is 536. The molecule has 1 aromatic rings. The highest BCUT2D eigenvalue weighted by Crippen LogP contribution is 2.36. The minimum atomic E-state index is 0.114. The monoisotopic (exact) mass is 355 g/mol. The van der Waals surface area contributed by atoms with Gasteiger partial charge in [-0.2, -0.15) is 0 Å². The molecule has 1 aromatic carbocycles. The molecule has 0 radical (unpaired) electrons. The zero-order chi connectivity index (χ0) is 14.9. The first kappa shape index (κ1) is 15.6. The molecule has 0 saturated carbocycles. The molecule has 0 bridgehead atoms. The Hall–Kier alpha value is -0.810. The smallest absolute Gasteiger partial charge is 0.227 e. The van der Waals surface area contributed by atoms with Crippen LogP contribution in [-0.2, 0) is 9.59 Å². The zero-order valence-electron chi connectivity index (χ0n) is 11.9. The lowest BCUT2D eigenvalue weighted by molar-refractivity contribution is -0.117. The van der Waals surface area contributed by atoms with Crippen molar-refractivity contribution in [1.82, 2.24) is 0 Å². The Morgan fingerprint density at radius 3 is 2.75 bits per heavy atom. The normalized spacial score (nSPS) is 18.7. The van der Waals surface area contributed by atoms with Crippen LogP contribution in [0.25, 0.3) is 0 Å². The maximum atomic E-state index is 12.2. The van der Waals surface area contributed by atoms with E-state index in [1.54, 1.807) is 6.92 Å². The summed E-state index contributed by atoms with van der Waals surface area (Å²) in [5, 5.41) is 0.114. The third kappa shape index (κ3) is 3.44. The van der Waals surface area contributed by atoms with Gasteiger partial charge in [-0.3, -0.25) is 9.59 Å². The molecule has 0 aliphatic carbocycles. The second-order valence-corrected chi connectivity index (χ2v) is 7.34. The molecule has 1 unspecified atom stereocenters. The van der Waals surface area contributed by atoms with Crippen LogP contribution in [-0.4, -0.2) is 23.3 Å². The Labute approximate surface area is 132 Å². The number of benzene rings is 1. The van der Waals surface area contributed by atoms with Crippen LogP contribution in [0.5, 0.6) is 0 Å². The molecule has 1 aliphatic heterocycles. The Balaban J connectivity index is 2.18. The van der Waals surface area contributed by atoms with E-state index in [1.807, 2.05) is 24.8 Å². The van der Waals surface area contributed by atoms with Crippen molar-refractivity contribution in [3.05, 3.63) is 27.7 Å². The van der Waals surface area contributed by atoms with Crippen molar-refractivity contribution < 1.29 is 9.59 Å². The first-order chi connectivity index (χ1) is 9.38. The van der Waals surface area contributed by atoms with Crippen molar-refractivity contribution in [3.8, 4) is 0 Å². The molecule has 0 N–H and O–H groups in total. The van der Waals surface area contributed by atoms with E-state index in [1.165, 1.54) is 17.3 Å². The summed E-state index contributed by atoms with van der Waals surface area (Å²) in [5.74, 6) is 1.12. The Morgan fingerprint density at radius 1 is 1.45 bits per heavy atom. The topological polar surface area (TPSA) is 37.4 Å². The van der Waals surface area contributed by atoms with Gasteiger partial charge in [-0.1, -0.05) is 17.8 Å². The lowest BCUT2D eigenvalue weighted by atomic mass is 10.1. The first-order valence-electron chi connectivity index (χ1n) is 6.59. The van der Waals surface area contributed by atoms with E-state index < -0.39 is 0 Å². The number of halogens is 1. The van der Waals surface area contributed by atoms with E-state index in [4.69, 9.17) is 0 Å². The third-order valence-electron chi connectivity index (χ3n) is 3.40. The van der Waals surface area contributed by atoms with Crippen molar-refractivity contribution in [1.29, 1.82) is 0 Å². The number of hydrogen-bond acceptors (Lipinski definition) is 3. The molecule has 1 aliphatic rings. The summed E-state index contributed by atoms with van der Waals surface area (Å²) in [5.41, 5.74) is 3.24. The fraction of sp³-hybridized carbons (Fsp3) is 0.467. The van der Waals surface area contributed by atoms with Crippen LogP contribution < -0.4 is 4.90 Å². The van der Waals surface area contributed by atoms with Crippen LogP contribution in [0.2, 0.25) is 0 Å². The number of aryl methyl sites for hydroxylation is 2. The molecular weight excluding hydrogens is 338 g/mol. The summed E-state index contributed by atoms with van der Waals surface area (Å²) in [6.45, 7) is 6.33. The molecular formula is C15H18BrNO2S. The maximum Gasteiger partial charge on any atom is 0.227 e. The largest absolute Gasteiger partial charge is 0.311 e. The molecule has 1 atom stereocenters. The summed E-state index contributed by atoms with van der Waals surface area (Å²) in [4.78, 5) is 25.1. The number of carbonyl (C=O) groups is 2. The molecule has 0 spiro atoms. The van der Waals surface area contributed by atoms with Crippen LogP contribution in [0.4, 0.5) is 5.69 Å². The maximum absolute atomic E-state index is 12.2. The second-order valence-electron chi connectivity index (χ2n) is 5.29. The number of anilines is 1. The lowest BCUT2D eigenvalue weighted by Crippen LogP contribution is -2.26. The number of amides is 1. The van der Waals surface area contributed by atoms with Crippen LogP contribution in [0, 0.1) is 19.8 Å². The van der Waals surface area contributed by atoms with E-state index >= 15 is 0 Å². The molecule has 1 heterocycles. The van der Waals surface area contributed by atoms with Gasteiger partial charge in [0.15, 0.2) is 5.12 Å². The van der Waals surface area contributed by atoms with Gasteiger partial charge in [0.25, 0.3) is 0 Å². The van der Waals surface area contributed by atoms with Crippen LogP contribution in [0.15, 0.2) is 16.6 Å². The number of carbonyl (C=O) groups excluding carboxylic acids is 2. The molecule has 0 aromatic heterocycles. The highest BCUT2D eigenvalue weighted by molar-refractivity contribution is 9.10. The summed E-state index contributed by atoms with van der Waals surface area (Å²) in [7, 11) is 0. The van der Waals surface area contributed by atoms with Crippen LogP contribution in [0.1, 0.15) is 24.5 Å². The van der Waals surface area contributed by atoms with Gasteiger partial charge in [0.1, 0.15) is 0 Å². The quantitative estimate of drug-likeness (QED) is 0.829. The highest BCUT2D eigenvalue weighted by atomic mass is 79.9.